The molecule has 1 heterocycles. The Morgan fingerprint density at radius 1 is 1.35 bits per heavy atom. The highest BCUT2D eigenvalue weighted by molar-refractivity contribution is 14.0. The van der Waals surface area contributed by atoms with Crippen LogP contribution in [-0.2, 0) is 11.2 Å². The molecule has 1 amide bonds. The maximum atomic E-state index is 12.7. The molecule has 7 heteroatoms. The van der Waals surface area contributed by atoms with Crippen molar-refractivity contribution in [2.24, 2.45) is 4.99 Å². The van der Waals surface area contributed by atoms with E-state index in [1.165, 1.54) is 18.4 Å². The number of benzene rings is 1. The molecule has 144 valence electrons. The molecule has 26 heavy (non-hydrogen) atoms. The Bertz CT molecular complexity index is 640. The predicted octanol–water partition coefficient (Wildman–Crippen LogP) is 3.03. The van der Waals surface area contributed by atoms with Gasteiger partial charge in [0.05, 0.1) is 6.54 Å². The first-order valence-corrected chi connectivity index (χ1v) is 10.4. The van der Waals surface area contributed by atoms with Gasteiger partial charge in [-0.2, -0.15) is 11.8 Å². The number of amides is 1. The molecule has 0 radical (unpaired) electrons. The van der Waals surface area contributed by atoms with Crippen molar-refractivity contribution >= 4 is 53.3 Å². The lowest BCUT2D eigenvalue weighted by atomic mass is 10.0. The Morgan fingerprint density at radius 3 is 2.88 bits per heavy atom. The summed E-state index contributed by atoms with van der Waals surface area (Å²) in [6.07, 6.45) is 7.83. The summed E-state index contributed by atoms with van der Waals surface area (Å²) < 4.78 is 0. The van der Waals surface area contributed by atoms with Crippen LogP contribution in [0.2, 0.25) is 0 Å². The summed E-state index contributed by atoms with van der Waals surface area (Å²) in [5.74, 6) is 0.828. The molecule has 1 aliphatic carbocycles. The third kappa shape index (κ3) is 5.28. The first-order chi connectivity index (χ1) is 12.2. The van der Waals surface area contributed by atoms with Crippen molar-refractivity contribution in [1.29, 1.82) is 0 Å². The van der Waals surface area contributed by atoms with Gasteiger partial charge in [-0.1, -0.05) is 18.2 Å². The zero-order valence-corrected chi connectivity index (χ0v) is 18.7. The average molecular weight is 488 g/mol. The average Bonchev–Trinajstić information content (AvgIpc) is 3.12. The van der Waals surface area contributed by atoms with Gasteiger partial charge in [0.25, 0.3) is 0 Å². The Hall–Kier alpha value is -0.960. The maximum absolute atomic E-state index is 12.7. The fourth-order valence-corrected chi connectivity index (χ4v) is 4.52. The molecule has 1 saturated carbocycles. The Balaban J connectivity index is 0.00000243. The molecule has 2 atom stereocenters. The third-order valence-corrected chi connectivity index (χ3v) is 6.20. The SMILES string of the molecule is CN=C(NCC(=O)N1CCCc2ccccc21)NC1CCC(SC)C1.I. The van der Waals surface area contributed by atoms with E-state index in [4.69, 9.17) is 0 Å². The minimum absolute atomic E-state index is 0. The largest absolute Gasteiger partial charge is 0.354 e. The van der Waals surface area contributed by atoms with Crippen molar-refractivity contribution in [3.8, 4) is 0 Å². The number of nitrogens with zero attached hydrogens (tertiary/aromatic N) is 2. The third-order valence-electron chi connectivity index (χ3n) is 5.10. The Kier molecular flexibility index (Phi) is 8.53. The molecule has 2 N–H and O–H groups in total. The van der Waals surface area contributed by atoms with Crippen LogP contribution in [0.5, 0.6) is 0 Å². The van der Waals surface area contributed by atoms with Crippen LogP contribution in [0.4, 0.5) is 5.69 Å². The lowest BCUT2D eigenvalue weighted by Gasteiger charge is -2.29. The van der Waals surface area contributed by atoms with Gasteiger partial charge in [-0.15, -0.1) is 24.0 Å². The van der Waals surface area contributed by atoms with Gasteiger partial charge in [-0.3, -0.25) is 9.79 Å². The molecule has 1 aromatic carbocycles. The van der Waals surface area contributed by atoms with Gasteiger partial charge in [0.1, 0.15) is 0 Å². The van der Waals surface area contributed by atoms with E-state index in [2.05, 4.69) is 27.9 Å². The van der Waals surface area contributed by atoms with Crippen LogP contribution in [0.15, 0.2) is 29.3 Å². The topological polar surface area (TPSA) is 56.7 Å². The van der Waals surface area contributed by atoms with E-state index in [9.17, 15) is 4.79 Å². The molecule has 2 unspecified atom stereocenters. The Labute approximate surface area is 177 Å². The van der Waals surface area contributed by atoms with E-state index in [0.29, 0.717) is 6.04 Å². The van der Waals surface area contributed by atoms with E-state index >= 15 is 0 Å². The number of carbonyl (C=O) groups excluding carboxylic acids is 1. The van der Waals surface area contributed by atoms with Crippen molar-refractivity contribution in [3.63, 3.8) is 0 Å². The molecule has 1 fully saturated rings. The molecule has 0 spiro atoms. The second kappa shape index (κ2) is 10.4. The molecule has 2 aliphatic rings. The van der Waals surface area contributed by atoms with Gasteiger partial charge in [0, 0.05) is 30.6 Å². The lowest BCUT2D eigenvalue weighted by molar-refractivity contribution is -0.117. The zero-order valence-electron chi connectivity index (χ0n) is 15.5. The fourth-order valence-electron chi connectivity index (χ4n) is 3.72. The van der Waals surface area contributed by atoms with E-state index in [-0.39, 0.29) is 36.4 Å². The number of aryl methyl sites for hydroxylation is 1. The summed E-state index contributed by atoms with van der Waals surface area (Å²) in [6, 6.07) is 8.65. The van der Waals surface area contributed by atoms with Gasteiger partial charge in [0.15, 0.2) is 5.96 Å². The lowest BCUT2D eigenvalue weighted by Crippen LogP contribution is -2.48. The van der Waals surface area contributed by atoms with Gasteiger partial charge in [0.2, 0.25) is 5.91 Å². The number of fused-ring (bicyclic) bond motifs is 1. The number of thioether (sulfide) groups is 1. The smallest absolute Gasteiger partial charge is 0.246 e. The van der Waals surface area contributed by atoms with Crippen molar-refractivity contribution in [3.05, 3.63) is 29.8 Å². The summed E-state index contributed by atoms with van der Waals surface area (Å²) in [6.45, 7) is 1.06. The summed E-state index contributed by atoms with van der Waals surface area (Å²) in [5, 5.41) is 7.40. The molecule has 0 aromatic heterocycles. The highest BCUT2D eigenvalue weighted by Crippen LogP contribution is 2.28. The second-order valence-electron chi connectivity index (χ2n) is 6.72. The van der Waals surface area contributed by atoms with E-state index in [0.717, 1.165) is 42.7 Å². The molecule has 1 aromatic rings. The van der Waals surface area contributed by atoms with Gasteiger partial charge in [-0.25, -0.2) is 0 Å². The number of carbonyl (C=O) groups is 1. The van der Waals surface area contributed by atoms with Gasteiger partial charge < -0.3 is 15.5 Å². The van der Waals surface area contributed by atoms with E-state index in [1.54, 1.807) is 7.05 Å². The number of rotatable bonds is 4. The number of hydrogen-bond donors (Lipinski definition) is 2. The number of hydrogen-bond acceptors (Lipinski definition) is 3. The number of guanidine groups is 1. The minimum Gasteiger partial charge on any atom is -0.354 e. The highest BCUT2D eigenvalue weighted by Gasteiger charge is 2.25. The highest BCUT2D eigenvalue weighted by atomic mass is 127. The first-order valence-electron chi connectivity index (χ1n) is 9.09. The second-order valence-corrected chi connectivity index (χ2v) is 7.85. The number of nitrogens with one attached hydrogen (secondary N) is 2. The predicted molar refractivity (Wildman–Crippen MR) is 122 cm³/mol. The van der Waals surface area contributed by atoms with Crippen molar-refractivity contribution in [2.75, 3.05) is 31.3 Å². The number of aliphatic imine (C=N–C) groups is 1. The van der Waals surface area contributed by atoms with Crippen molar-refractivity contribution in [2.45, 2.75) is 43.4 Å². The molecule has 1 aliphatic heterocycles. The zero-order chi connectivity index (χ0) is 17.6. The van der Waals surface area contributed by atoms with Crippen LogP contribution >= 0.6 is 35.7 Å². The summed E-state index contributed by atoms with van der Waals surface area (Å²) >= 11 is 1.94. The summed E-state index contributed by atoms with van der Waals surface area (Å²) in [4.78, 5) is 18.9. The molecular formula is C19H29IN4OS. The van der Waals surface area contributed by atoms with Crippen molar-refractivity contribution in [1.82, 2.24) is 10.6 Å². The first kappa shape index (κ1) is 21.3. The summed E-state index contributed by atoms with van der Waals surface area (Å²) in [7, 11) is 1.76. The number of anilines is 1. The van der Waals surface area contributed by atoms with Crippen LogP contribution in [0.25, 0.3) is 0 Å². The van der Waals surface area contributed by atoms with Crippen molar-refractivity contribution < 1.29 is 4.79 Å². The van der Waals surface area contributed by atoms with Crippen LogP contribution < -0.4 is 15.5 Å². The van der Waals surface area contributed by atoms with E-state index in [1.807, 2.05) is 34.9 Å². The summed E-state index contributed by atoms with van der Waals surface area (Å²) in [5.41, 5.74) is 2.32. The van der Waals surface area contributed by atoms with E-state index < -0.39 is 0 Å². The molecule has 0 bridgehead atoms. The fraction of sp³-hybridized carbons (Fsp3) is 0.579. The molecule has 3 rings (SSSR count). The quantitative estimate of drug-likeness (QED) is 0.389. The standard InChI is InChI=1S/C19H28N4OS.HI/c1-20-19(22-15-9-10-16(12-15)25-2)21-13-18(24)23-11-5-7-14-6-3-4-8-17(14)23;/h3-4,6,8,15-16H,5,7,9-13H2,1-2H3,(H2,20,21,22);1H. The van der Waals surface area contributed by atoms with Crippen LogP contribution in [0.3, 0.4) is 0 Å². The van der Waals surface area contributed by atoms with Gasteiger partial charge >= 0.3 is 0 Å². The molecular weight excluding hydrogens is 459 g/mol. The number of halogens is 1. The monoisotopic (exact) mass is 488 g/mol. The van der Waals surface area contributed by atoms with Crippen LogP contribution in [0, 0.1) is 0 Å². The maximum Gasteiger partial charge on any atom is 0.246 e. The normalized spacial score (nSPS) is 22.4. The van der Waals surface area contributed by atoms with Gasteiger partial charge in [-0.05, 0) is 50.0 Å². The molecule has 0 saturated heterocycles. The molecule has 5 nitrogen and oxygen atoms in total. The number of para-hydroxylation sites is 1. The van der Waals surface area contributed by atoms with Crippen LogP contribution in [0.1, 0.15) is 31.2 Å². The Morgan fingerprint density at radius 2 is 2.15 bits per heavy atom. The van der Waals surface area contributed by atoms with Crippen LogP contribution in [-0.4, -0.2) is 49.6 Å². The minimum atomic E-state index is 0.